The number of nitro groups is 2. The average molecular weight is 239 g/mol. The van der Waals surface area contributed by atoms with Gasteiger partial charge in [-0.05, 0) is 0 Å². The van der Waals surface area contributed by atoms with Crippen LogP contribution in [0, 0.1) is 20.2 Å². The summed E-state index contributed by atoms with van der Waals surface area (Å²) in [6, 6.07) is 0. The molecule has 0 fully saturated rings. The van der Waals surface area contributed by atoms with Gasteiger partial charge in [0.15, 0.2) is 6.26 Å². The first-order valence-electron chi connectivity index (χ1n) is 2.48. The summed E-state index contributed by atoms with van der Waals surface area (Å²) in [5.74, 6) is -0.593. The molecule has 0 aromatic carbocycles. The molecule has 0 saturated carbocycles. The zero-order chi connectivity index (χ0) is 9.14. The second kappa shape index (κ2) is 4.33. The number of nitrogens with zero attached hydrogens (tertiary/aromatic N) is 5. The Balaban J connectivity index is 0.00000144. The Bertz CT molecular complexity index is 284. The SMILES string of the molecule is O=[N+]([O-])N(c1conn1)[N+](=O)[O-].[Cu]. The van der Waals surface area contributed by atoms with Gasteiger partial charge in [0.2, 0.25) is 15.2 Å². The van der Waals surface area contributed by atoms with Gasteiger partial charge in [-0.3, -0.25) is 0 Å². The largest absolute Gasteiger partial charge is 0.343 e. The van der Waals surface area contributed by atoms with Crippen molar-refractivity contribution in [2.75, 3.05) is 5.12 Å². The van der Waals surface area contributed by atoms with Crippen molar-refractivity contribution in [2.45, 2.75) is 0 Å². The zero-order valence-electron chi connectivity index (χ0n) is 5.66. The van der Waals surface area contributed by atoms with Crippen LogP contribution in [-0.4, -0.2) is 20.4 Å². The van der Waals surface area contributed by atoms with Crippen molar-refractivity contribution in [3.8, 4) is 0 Å². The Kier molecular flexibility index (Phi) is 3.75. The molecule has 1 aromatic heterocycles. The Morgan fingerprint density at radius 3 is 2.23 bits per heavy atom. The Morgan fingerprint density at radius 2 is 1.92 bits per heavy atom. The van der Waals surface area contributed by atoms with E-state index in [1.165, 1.54) is 0 Å². The van der Waals surface area contributed by atoms with Gasteiger partial charge in [0, 0.05) is 22.3 Å². The predicted octanol–water partition coefficient (Wildman–Crippen LogP) is -0.743. The number of hydrazine groups is 2. The molecular formula is C2HCuN5O5. The molecule has 0 unspecified atom stereocenters. The molecule has 0 aliphatic carbocycles. The third kappa shape index (κ3) is 2.35. The first-order chi connectivity index (χ1) is 5.63. The molecule has 0 atom stereocenters. The zero-order valence-corrected chi connectivity index (χ0v) is 6.60. The van der Waals surface area contributed by atoms with Crippen LogP contribution >= 0.6 is 0 Å². The quantitative estimate of drug-likeness (QED) is 0.382. The summed E-state index contributed by atoms with van der Waals surface area (Å²) in [7, 11) is 0. The van der Waals surface area contributed by atoms with Crippen LogP contribution in [0.2, 0.25) is 0 Å². The normalized spacial score (nSPS) is 8.62. The van der Waals surface area contributed by atoms with Crippen LogP contribution in [0.25, 0.3) is 0 Å². The summed E-state index contributed by atoms with van der Waals surface area (Å²) in [6.07, 6.45) is 0.686. The van der Waals surface area contributed by atoms with Gasteiger partial charge in [0.25, 0.3) is 0 Å². The number of rotatable bonds is 3. The van der Waals surface area contributed by atoms with Gasteiger partial charge in [-0.15, -0.1) is 0 Å². The Labute approximate surface area is 80.2 Å². The van der Waals surface area contributed by atoms with Gasteiger partial charge in [-0.1, -0.05) is 5.10 Å². The molecule has 1 rings (SSSR count). The summed E-state index contributed by atoms with van der Waals surface area (Å²) in [6.45, 7) is 0. The molecule has 0 aliphatic heterocycles. The molecule has 1 heterocycles. The fraction of sp³-hybridized carbons (Fsp3) is 0. The maximum absolute atomic E-state index is 10.0. The fourth-order valence-electron chi connectivity index (χ4n) is 0.474. The van der Waals surface area contributed by atoms with Crippen molar-refractivity contribution in [3.63, 3.8) is 0 Å². The maximum atomic E-state index is 10.0. The van der Waals surface area contributed by atoms with Gasteiger partial charge >= 0.3 is 5.82 Å². The van der Waals surface area contributed by atoms with Crippen LogP contribution in [0.4, 0.5) is 5.82 Å². The van der Waals surface area contributed by atoms with Crippen molar-refractivity contribution in [2.24, 2.45) is 0 Å². The van der Waals surface area contributed by atoms with Gasteiger partial charge in [-0.2, -0.15) is 0 Å². The minimum Gasteiger partial charge on any atom is -0.343 e. The van der Waals surface area contributed by atoms with Crippen LogP contribution in [0.3, 0.4) is 0 Å². The maximum Gasteiger partial charge on any atom is 0.331 e. The Hall–Kier alpha value is -1.74. The number of anilines is 1. The Morgan fingerprint density at radius 1 is 1.38 bits per heavy atom. The fourth-order valence-corrected chi connectivity index (χ4v) is 0.474. The summed E-state index contributed by atoms with van der Waals surface area (Å²) in [4.78, 5) is 20.0. The average Bonchev–Trinajstić information content (AvgIpc) is 2.37. The van der Waals surface area contributed by atoms with E-state index in [2.05, 4.69) is 14.9 Å². The molecule has 0 bridgehead atoms. The monoisotopic (exact) mass is 238 g/mol. The molecule has 0 N–H and O–H groups in total. The molecule has 0 spiro atoms. The van der Waals surface area contributed by atoms with E-state index in [0.29, 0.717) is 6.26 Å². The number of hydrogen-bond acceptors (Lipinski definition) is 7. The molecular weight excluding hydrogens is 238 g/mol. The van der Waals surface area contributed by atoms with Crippen LogP contribution in [0.15, 0.2) is 10.8 Å². The third-order valence-electron chi connectivity index (χ3n) is 0.863. The molecule has 75 valence electrons. The smallest absolute Gasteiger partial charge is 0.331 e. The minimum absolute atomic E-state index is 0. The topological polar surface area (TPSA) is 128 Å². The first-order valence-corrected chi connectivity index (χ1v) is 2.48. The molecule has 11 heteroatoms. The minimum atomic E-state index is -1.25. The van der Waals surface area contributed by atoms with E-state index in [0.717, 1.165) is 0 Å². The van der Waals surface area contributed by atoms with Gasteiger partial charge in [-0.25, -0.2) is 20.2 Å². The molecule has 1 aromatic rings. The van der Waals surface area contributed by atoms with Crippen molar-refractivity contribution in [1.82, 2.24) is 10.4 Å². The van der Waals surface area contributed by atoms with E-state index in [1.54, 1.807) is 0 Å². The first kappa shape index (κ1) is 11.3. The number of aromatic nitrogens is 2. The predicted molar refractivity (Wildman–Crippen MR) is 30.8 cm³/mol. The van der Waals surface area contributed by atoms with E-state index in [-0.39, 0.29) is 17.1 Å². The molecule has 0 aliphatic rings. The van der Waals surface area contributed by atoms with E-state index in [4.69, 9.17) is 0 Å². The van der Waals surface area contributed by atoms with E-state index >= 15 is 0 Å². The van der Waals surface area contributed by atoms with Crippen molar-refractivity contribution < 1.29 is 31.7 Å². The van der Waals surface area contributed by atoms with E-state index in [1.807, 2.05) is 0 Å². The molecule has 10 nitrogen and oxygen atoms in total. The molecule has 13 heavy (non-hydrogen) atoms. The summed E-state index contributed by atoms with van der Waals surface area (Å²) >= 11 is 0. The van der Waals surface area contributed by atoms with E-state index < -0.39 is 21.0 Å². The molecule has 1 radical (unpaired) electrons. The second-order valence-corrected chi connectivity index (χ2v) is 1.53. The summed E-state index contributed by atoms with van der Waals surface area (Å²) in [5.41, 5.74) is 0. The summed E-state index contributed by atoms with van der Waals surface area (Å²) in [5, 5.41) is 22.9. The van der Waals surface area contributed by atoms with Gasteiger partial charge in [0.05, 0.1) is 0 Å². The molecule has 0 amide bonds. The van der Waals surface area contributed by atoms with Crippen LogP contribution in [0.1, 0.15) is 0 Å². The number of hydrogen-bond donors (Lipinski definition) is 0. The van der Waals surface area contributed by atoms with E-state index in [9.17, 15) is 20.2 Å². The second-order valence-electron chi connectivity index (χ2n) is 1.53. The van der Waals surface area contributed by atoms with Gasteiger partial charge < -0.3 is 4.52 Å². The van der Waals surface area contributed by atoms with Crippen LogP contribution in [0.5, 0.6) is 0 Å². The van der Waals surface area contributed by atoms with Crippen LogP contribution < -0.4 is 5.12 Å². The van der Waals surface area contributed by atoms with Crippen molar-refractivity contribution in [3.05, 3.63) is 26.5 Å². The standard InChI is InChI=1S/C2HN5O5.Cu/c8-6(9)5(7(10)11)2-1-12-4-3-2;/h1H;. The summed E-state index contributed by atoms with van der Waals surface area (Å²) < 4.78 is 4.08. The van der Waals surface area contributed by atoms with Crippen molar-refractivity contribution >= 4 is 5.82 Å². The van der Waals surface area contributed by atoms with Crippen molar-refractivity contribution in [1.29, 1.82) is 0 Å². The molecule has 0 saturated heterocycles. The van der Waals surface area contributed by atoms with Gasteiger partial charge in [0.1, 0.15) is 0 Å². The van der Waals surface area contributed by atoms with Crippen LogP contribution in [-0.2, 0) is 17.1 Å². The third-order valence-corrected chi connectivity index (χ3v) is 0.863.